The summed E-state index contributed by atoms with van der Waals surface area (Å²) in [6.07, 6.45) is 0.947. The number of benzene rings is 1. The lowest BCUT2D eigenvalue weighted by Crippen LogP contribution is -2.32. The molecule has 1 aromatic rings. The highest BCUT2D eigenvalue weighted by atomic mass is 35.5. The van der Waals surface area contributed by atoms with Crippen molar-refractivity contribution < 1.29 is 9.53 Å². The monoisotopic (exact) mass is 269 g/mol. The SMILES string of the molecule is CCCOc1cccc(C(Cl)C(=O)NC(C)C)c1. The predicted molar refractivity (Wildman–Crippen MR) is 74.1 cm³/mol. The van der Waals surface area contributed by atoms with Crippen LogP contribution in [-0.4, -0.2) is 18.6 Å². The van der Waals surface area contributed by atoms with Gasteiger partial charge in [0.25, 0.3) is 0 Å². The highest BCUT2D eigenvalue weighted by molar-refractivity contribution is 6.30. The van der Waals surface area contributed by atoms with Gasteiger partial charge in [0.1, 0.15) is 11.1 Å². The number of hydrogen-bond donors (Lipinski definition) is 1. The summed E-state index contributed by atoms with van der Waals surface area (Å²) in [5.41, 5.74) is 0.753. The van der Waals surface area contributed by atoms with Crippen LogP contribution in [-0.2, 0) is 4.79 Å². The number of halogens is 1. The first-order valence-electron chi connectivity index (χ1n) is 6.21. The van der Waals surface area contributed by atoms with Crippen molar-refractivity contribution in [3.63, 3.8) is 0 Å². The van der Waals surface area contributed by atoms with E-state index in [9.17, 15) is 4.79 Å². The second-order valence-corrected chi connectivity index (χ2v) is 4.88. The van der Waals surface area contributed by atoms with E-state index in [1.54, 1.807) is 0 Å². The van der Waals surface area contributed by atoms with E-state index in [4.69, 9.17) is 16.3 Å². The lowest BCUT2D eigenvalue weighted by molar-refractivity contribution is -0.121. The van der Waals surface area contributed by atoms with Gasteiger partial charge in [-0.25, -0.2) is 0 Å². The van der Waals surface area contributed by atoms with Crippen LogP contribution in [0.2, 0.25) is 0 Å². The summed E-state index contributed by atoms with van der Waals surface area (Å²) in [4.78, 5) is 11.8. The van der Waals surface area contributed by atoms with Crippen molar-refractivity contribution in [1.29, 1.82) is 0 Å². The highest BCUT2D eigenvalue weighted by Gasteiger charge is 2.18. The molecule has 0 radical (unpaired) electrons. The first-order chi connectivity index (χ1) is 8.54. The zero-order valence-corrected chi connectivity index (χ0v) is 11.8. The second-order valence-electron chi connectivity index (χ2n) is 4.45. The minimum atomic E-state index is -0.683. The molecule has 100 valence electrons. The molecule has 3 nitrogen and oxygen atoms in total. The summed E-state index contributed by atoms with van der Waals surface area (Å²) in [5, 5.41) is 2.11. The van der Waals surface area contributed by atoms with E-state index in [2.05, 4.69) is 5.32 Å². The zero-order valence-electron chi connectivity index (χ0n) is 11.1. The third-order valence-electron chi connectivity index (χ3n) is 2.28. The molecule has 0 heterocycles. The van der Waals surface area contributed by atoms with E-state index in [0.29, 0.717) is 6.61 Å². The Hall–Kier alpha value is -1.22. The molecular formula is C14H20ClNO2. The molecule has 4 heteroatoms. The largest absolute Gasteiger partial charge is 0.494 e. The second kappa shape index (κ2) is 7.27. The van der Waals surface area contributed by atoms with Crippen molar-refractivity contribution in [3.05, 3.63) is 29.8 Å². The third kappa shape index (κ3) is 4.57. The summed E-state index contributed by atoms with van der Waals surface area (Å²) >= 11 is 6.14. The van der Waals surface area contributed by atoms with Gasteiger partial charge in [-0.1, -0.05) is 19.1 Å². The summed E-state index contributed by atoms with van der Waals surface area (Å²) in [7, 11) is 0. The van der Waals surface area contributed by atoms with Crippen LogP contribution in [0.15, 0.2) is 24.3 Å². The standard InChI is InChI=1S/C14H20ClNO2/c1-4-8-18-12-7-5-6-11(9-12)13(15)14(17)16-10(2)3/h5-7,9-10,13H,4,8H2,1-3H3,(H,16,17). The van der Waals surface area contributed by atoms with Gasteiger partial charge in [0, 0.05) is 6.04 Å². The molecule has 0 aliphatic rings. The first kappa shape index (κ1) is 14.8. The smallest absolute Gasteiger partial charge is 0.242 e. The summed E-state index contributed by atoms with van der Waals surface area (Å²) in [5.74, 6) is 0.566. The summed E-state index contributed by atoms with van der Waals surface area (Å²) in [6, 6.07) is 7.43. The number of carbonyl (C=O) groups is 1. The van der Waals surface area contributed by atoms with Crippen LogP contribution in [0.5, 0.6) is 5.75 Å². The molecule has 0 aliphatic heterocycles. The number of alkyl halides is 1. The molecule has 0 saturated heterocycles. The van der Waals surface area contributed by atoms with E-state index in [-0.39, 0.29) is 11.9 Å². The number of amides is 1. The molecule has 1 N–H and O–H groups in total. The van der Waals surface area contributed by atoms with Crippen LogP contribution in [0.1, 0.15) is 38.1 Å². The van der Waals surface area contributed by atoms with Crippen LogP contribution in [0.3, 0.4) is 0 Å². The average Bonchev–Trinajstić information content (AvgIpc) is 2.35. The molecule has 0 saturated carbocycles. The maximum atomic E-state index is 11.8. The van der Waals surface area contributed by atoms with Gasteiger partial charge in [0.2, 0.25) is 5.91 Å². The van der Waals surface area contributed by atoms with Crippen molar-refractivity contribution in [2.75, 3.05) is 6.61 Å². The molecule has 0 aromatic heterocycles. The fourth-order valence-corrected chi connectivity index (χ4v) is 1.69. The topological polar surface area (TPSA) is 38.3 Å². The van der Waals surface area contributed by atoms with Crippen molar-refractivity contribution in [2.24, 2.45) is 0 Å². The Morgan fingerprint density at radius 2 is 2.17 bits per heavy atom. The van der Waals surface area contributed by atoms with Crippen LogP contribution < -0.4 is 10.1 Å². The fourth-order valence-electron chi connectivity index (χ4n) is 1.49. The van der Waals surface area contributed by atoms with Gasteiger partial charge in [-0.05, 0) is 38.0 Å². The number of hydrogen-bond acceptors (Lipinski definition) is 2. The van der Waals surface area contributed by atoms with Gasteiger partial charge >= 0.3 is 0 Å². The Labute approximate surface area is 113 Å². The van der Waals surface area contributed by atoms with Gasteiger partial charge in [-0.3, -0.25) is 4.79 Å². The Balaban J connectivity index is 2.73. The fraction of sp³-hybridized carbons (Fsp3) is 0.500. The lowest BCUT2D eigenvalue weighted by Gasteiger charge is -2.14. The molecule has 0 aliphatic carbocycles. The maximum Gasteiger partial charge on any atom is 0.242 e. The van der Waals surface area contributed by atoms with Crippen molar-refractivity contribution in [3.8, 4) is 5.75 Å². The van der Waals surface area contributed by atoms with Gasteiger partial charge in [-0.2, -0.15) is 0 Å². The quantitative estimate of drug-likeness (QED) is 0.805. The molecule has 1 unspecified atom stereocenters. The molecule has 0 fully saturated rings. The molecule has 1 aromatic carbocycles. The maximum absolute atomic E-state index is 11.8. The van der Waals surface area contributed by atoms with E-state index >= 15 is 0 Å². The lowest BCUT2D eigenvalue weighted by atomic mass is 10.1. The van der Waals surface area contributed by atoms with Crippen LogP contribution >= 0.6 is 11.6 Å². The molecule has 0 bridgehead atoms. The van der Waals surface area contributed by atoms with E-state index < -0.39 is 5.38 Å². The van der Waals surface area contributed by atoms with Crippen LogP contribution in [0.4, 0.5) is 0 Å². The van der Waals surface area contributed by atoms with Gasteiger partial charge < -0.3 is 10.1 Å². The van der Waals surface area contributed by atoms with Crippen LogP contribution in [0, 0.1) is 0 Å². The van der Waals surface area contributed by atoms with Gasteiger partial charge in [0.05, 0.1) is 6.61 Å². The van der Waals surface area contributed by atoms with Gasteiger partial charge in [-0.15, -0.1) is 11.6 Å². The first-order valence-corrected chi connectivity index (χ1v) is 6.65. The molecule has 1 amide bonds. The molecular weight excluding hydrogens is 250 g/mol. The van der Waals surface area contributed by atoms with E-state index in [1.807, 2.05) is 45.0 Å². The predicted octanol–water partition coefficient (Wildman–Crippen LogP) is 3.28. The number of rotatable bonds is 6. The van der Waals surface area contributed by atoms with Crippen molar-refractivity contribution in [1.82, 2.24) is 5.32 Å². The highest BCUT2D eigenvalue weighted by Crippen LogP contribution is 2.24. The van der Waals surface area contributed by atoms with Crippen molar-refractivity contribution >= 4 is 17.5 Å². The zero-order chi connectivity index (χ0) is 13.5. The molecule has 1 rings (SSSR count). The average molecular weight is 270 g/mol. The Bertz CT molecular complexity index is 393. The molecule has 18 heavy (non-hydrogen) atoms. The Morgan fingerprint density at radius 3 is 2.78 bits per heavy atom. The summed E-state index contributed by atoms with van der Waals surface area (Å²) in [6.45, 7) is 6.52. The van der Waals surface area contributed by atoms with Gasteiger partial charge in [0.15, 0.2) is 0 Å². The molecule has 0 spiro atoms. The minimum Gasteiger partial charge on any atom is -0.494 e. The van der Waals surface area contributed by atoms with Crippen LogP contribution in [0.25, 0.3) is 0 Å². The normalized spacial score (nSPS) is 12.3. The number of nitrogens with one attached hydrogen (secondary N) is 1. The molecule has 1 atom stereocenters. The Morgan fingerprint density at radius 1 is 1.44 bits per heavy atom. The van der Waals surface area contributed by atoms with Crippen molar-refractivity contribution in [2.45, 2.75) is 38.6 Å². The Kier molecular flexibility index (Phi) is 5.99. The number of carbonyl (C=O) groups excluding carboxylic acids is 1. The third-order valence-corrected chi connectivity index (χ3v) is 2.73. The summed E-state index contributed by atoms with van der Waals surface area (Å²) < 4.78 is 5.52. The minimum absolute atomic E-state index is 0.0817. The van der Waals surface area contributed by atoms with E-state index in [0.717, 1.165) is 17.7 Å². The van der Waals surface area contributed by atoms with E-state index in [1.165, 1.54) is 0 Å². The number of ether oxygens (including phenoxy) is 1.